The summed E-state index contributed by atoms with van der Waals surface area (Å²) in [5, 5.41) is 7.57. The molecule has 1 amide bonds. The van der Waals surface area contributed by atoms with Gasteiger partial charge in [-0.05, 0) is 25.3 Å². The van der Waals surface area contributed by atoms with Gasteiger partial charge in [0, 0.05) is 44.3 Å². The molecule has 2 aromatic rings. The van der Waals surface area contributed by atoms with Gasteiger partial charge < -0.3 is 4.90 Å². The maximum atomic E-state index is 12.5. The number of aryl methyl sites for hydroxylation is 2. The van der Waals surface area contributed by atoms with Crippen molar-refractivity contribution >= 4 is 17.2 Å². The molecule has 3 rings (SSSR count). The number of carbonyl (C=O) groups is 1. The highest BCUT2D eigenvalue weighted by Gasteiger charge is 2.20. The van der Waals surface area contributed by atoms with E-state index in [1.54, 1.807) is 22.2 Å². The Balaban J connectivity index is 1.51. The van der Waals surface area contributed by atoms with Crippen LogP contribution in [0.5, 0.6) is 0 Å². The largest absolute Gasteiger partial charge is 0.340 e. The molecule has 0 radical (unpaired) electrons. The molecule has 7 heteroatoms. The summed E-state index contributed by atoms with van der Waals surface area (Å²) in [5.74, 6) is 0.155. The molecular formula is C17H25N5OS. The zero-order chi connectivity index (χ0) is 16.9. The van der Waals surface area contributed by atoms with E-state index in [0.717, 1.165) is 56.8 Å². The Morgan fingerprint density at radius 1 is 1.29 bits per heavy atom. The minimum absolute atomic E-state index is 0.155. The van der Waals surface area contributed by atoms with Crippen molar-refractivity contribution in [1.82, 2.24) is 24.6 Å². The van der Waals surface area contributed by atoms with Gasteiger partial charge in [-0.15, -0.1) is 11.3 Å². The zero-order valence-electron chi connectivity index (χ0n) is 14.4. The molecule has 2 aromatic heterocycles. The van der Waals surface area contributed by atoms with Gasteiger partial charge in [0.25, 0.3) is 0 Å². The standard InChI is InChI=1S/C17H25N5OS/c1-3-16-19-15(13-24-16)11-20-5-4-6-21(8-7-20)17(23)12-22-10-14(2)9-18-22/h9-10,13H,3-8,11-12H2,1-2H3. The lowest BCUT2D eigenvalue weighted by molar-refractivity contribution is -0.131. The first-order chi connectivity index (χ1) is 11.6. The molecule has 24 heavy (non-hydrogen) atoms. The predicted octanol–water partition coefficient (Wildman–Crippen LogP) is 1.94. The Labute approximate surface area is 147 Å². The van der Waals surface area contributed by atoms with E-state index in [1.807, 2.05) is 18.0 Å². The molecule has 0 unspecified atom stereocenters. The summed E-state index contributed by atoms with van der Waals surface area (Å²) in [6.45, 7) is 8.87. The fourth-order valence-electron chi connectivity index (χ4n) is 2.98. The summed E-state index contributed by atoms with van der Waals surface area (Å²) in [6.07, 6.45) is 5.71. The van der Waals surface area contributed by atoms with Gasteiger partial charge in [-0.1, -0.05) is 6.92 Å². The Morgan fingerprint density at radius 3 is 2.88 bits per heavy atom. The van der Waals surface area contributed by atoms with E-state index in [9.17, 15) is 4.79 Å². The average Bonchev–Trinajstić information content (AvgIpc) is 3.11. The Bertz CT molecular complexity index is 680. The highest BCUT2D eigenvalue weighted by molar-refractivity contribution is 7.09. The molecular weight excluding hydrogens is 322 g/mol. The highest BCUT2D eigenvalue weighted by atomic mass is 32.1. The lowest BCUT2D eigenvalue weighted by Gasteiger charge is -2.21. The monoisotopic (exact) mass is 347 g/mol. The van der Waals surface area contributed by atoms with Crippen molar-refractivity contribution in [2.45, 2.75) is 39.8 Å². The zero-order valence-corrected chi connectivity index (χ0v) is 15.3. The minimum Gasteiger partial charge on any atom is -0.340 e. The first kappa shape index (κ1) is 17.1. The van der Waals surface area contributed by atoms with Crippen molar-refractivity contribution in [2.75, 3.05) is 26.2 Å². The minimum atomic E-state index is 0.155. The number of thiazole rings is 1. The van der Waals surface area contributed by atoms with Crippen molar-refractivity contribution in [3.63, 3.8) is 0 Å². The second-order valence-corrected chi connectivity index (χ2v) is 7.25. The molecule has 1 fully saturated rings. The van der Waals surface area contributed by atoms with Crippen molar-refractivity contribution in [2.24, 2.45) is 0 Å². The molecule has 1 aliphatic rings. The van der Waals surface area contributed by atoms with Crippen LogP contribution < -0.4 is 0 Å². The number of hydrogen-bond donors (Lipinski definition) is 0. The molecule has 130 valence electrons. The van der Waals surface area contributed by atoms with E-state index >= 15 is 0 Å². The predicted molar refractivity (Wildman–Crippen MR) is 94.9 cm³/mol. The number of rotatable bonds is 5. The van der Waals surface area contributed by atoms with E-state index in [0.29, 0.717) is 6.54 Å². The first-order valence-electron chi connectivity index (χ1n) is 8.56. The molecule has 1 aliphatic heterocycles. The molecule has 3 heterocycles. The lowest BCUT2D eigenvalue weighted by atomic mass is 10.3. The maximum absolute atomic E-state index is 12.5. The summed E-state index contributed by atoms with van der Waals surface area (Å²) in [5.41, 5.74) is 2.24. The molecule has 0 aliphatic carbocycles. The molecule has 1 saturated heterocycles. The van der Waals surface area contributed by atoms with Gasteiger partial charge in [0.1, 0.15) is 6.54 Å². The quantitative estimate of drug-likeness (QED) is 0.829. The van der Waals surface area contributed by atoms with E-state index in [1.165, 1.54) is 5.01 Å². The second kappa shape index (κ2) is 7.90. The smallest absolute Gasteiger partial charge is 0.244 e. The highest BCUT2D eigenvalue weighted by Crippen LogP contribution is 2.14. The summed E-state index contributed by atoms with van der Waals surface area (Å²) in [6, 6.07) is 0. The van der Waals surface area contributed by atoms with Crippen molar-refractivity contribution in [3.05, 3.63) is 34.0 Å². The molecule has 0 aromatic carbocycles. The number of hydrogen-bond acceptors (Lipinski definition) is 5. The lowest BCUT2D eigenvalue weighted by Crippen LogP contribution is -2.37. The van der Waals surface area contributed by atoms with Gasteiger partial charge in [-0.2, -0.15) is 5.10 Å². The van der Waals surface area contributed by atoms with Gasteiger partial charge in [-0.3, -0.25) is 14.4 Å². The number of aromatic nitrogens is 3. The van der Waals surface area contributed by atoms with Crippen LogP contribution in [-0.2, 0) is 24.3 Å². The van der Waals surface area contributed by atoms with E-state index in [2.05, 4.69) is 27.3 Å². The average molecular weight is 347 g/mol. The van der Waals surface area contributed by atoms with Gasteiger partial charge >= 0.3 is 0 Å². The van der Waals surface area contributed by atoms with Crippen molar-refractivity contribution in [3.8, 4) is 0 Å². The summed E-state index contributed by atoms with van der Waals surface area (Å²) in [4.78, 5) is 21.5. The Morgan fingerprint density at radius 2 is 2.17 bits per heavy atom. The SMILES string of the molecule is CCc1nc(CN2CCCN(C(=O)Cn3cc(C)cn3)CC2)cs1. The van der Waals surface area contributed by atoms with E-state index in [-0.39, 0.29) is 5.91 Å². The van der Waals surface area contributed by atoms with E-state index in [4.69, 9.17) is 0 Å². The fraction of sp³-hybridized carbons (Fsp3) is 0.588. The summed E-state index contributed by atoms with van der Waals surface area (Å²) in [7, 11) is 0. The van der Waals surface area contributed by atoms with Gasteiger partial charge in [-0.25, -0.2) is 4.98 Å². The molecule has 0 atom stereocenters. The van der Waals surface area contributed by atoms with Crippen LogP contribution in [-0.4, -0.2) is 56.7 Å². The molecule has 0 saturated carbocycles. The van der Waals surface area contributed by atoms with Gasteiger partial charge in [0.15, 0.2) is 0 Å². The third-order valence-electron chi connectivity index (χ3n) is 4.29. The Hall–Kier alpha value is -1.73. The fourth-order valence-corrected chi connectivity index (χ4v) is 3.72. The van der Waals surface area contributed by atoms with Crippen LogP contribution in [0.3, 0.4) is 0 Å². The molecule has 6 nitrogen and oxygen atoms in total. The normalized spacial score (nSPS) is 16.3. The Kier molecular flexibility index (Phi) is 5.63. The topological polar surface area (TPSA) is 54.3 Å². The number of nitrogens with zero attached hydrogens (tertiary/aromatic N) is 5. The van der Waals surface area contributed by atoms with Crippen molar-refractivity contribution in [1.29, 1.82) is 0 Å². The van der Waals surface area contributed by atoms with Crippen LogP contribution >= 0.6 is 11.3 Å². The number of carbonyl (C=O) groups excluding carboxylic acids is 1. The third kappa shape index (κ3) is 4.42. The van der Waals surface area contributed by atoms with Gasteiger partial charge in [0.05, 0.1) is 16.9 Å². The third-order valence-corrected chi connectivity index (χ3v) is 5.33. The molecule has 0 N–H and O–H groups in total. The second-order valence-electron chi connectivity index (χ2n) is 6.31. The van der Waals surface area contributed by atoms with Crippen LogP contribution in [0.1, 0.15) is 29.6 Å². The maximum Gasteiger partial charge on any atom is 0.244 e. The van der Waals surface area contributed by atoms with Crippen LogP contribution in [0.4, 0.5) is 0 Å². The van der Waals surface area contributed by atoms with Crippen LogP contribution in [0.15, 0.2) is 17.8 Å². The molecule has 0 bridgehead atoms. The number of amides is 1. The van der Waals surface area contributed by atoms with Gasteiger partial charge in [0.2, 0.25) is 5.91 Å². The first-order valence-corrected chi connectivity index (χ1v) is 9.44. The summed E-state index contributed by atoms with van der Waals surface area (Å²) < 4.78 is 1.72. The molecule has 0 spiro atoms. The van der Waals surface area contributed by atoms with Crippen LogP contribution in [0.2, 0.25) is 0 Å². The van der Waals surface area contributed by atoms with E-state index < -0.39 is 0 Å². The van der Waals surface area contributed by atoms with Crippen molar-refractivity contribution < 1.29 is 4.79 Å². The summed E-state index contributed by atoms with van der Waals surface area (Å²) >= 11 is 1.74. The van der Waals surface area contributed by atoms with Crippen LogP contribution in [0.25, 0.3) is 0 Å². The van der Waals surface area contributed by atoms with Crippen LogP contribution in [0, 0.1) is 6.92 Å².